The number of alkyl carbamates (subject to hydrolysis) is 1. The smallest absolute Gasteiger partial charge is 0.425 e. The van der Waals surface area contributed by atoms with E-state index in [9.17, 15) is 24.3 Å². The molecule has 4 rings (SSSR count). The summed E-state index contributed by atoms with van der Waals surface area (Å²) < 4.78 is 30.9. The zero-order chi connectivity index (χ0) is 37.4. The zero-order valence-electron chi connectivity index (χ0n) is 30.9. The maximum atomic E-state index is 13.4. The van der Waals surface area contributed by atoms with Gasteiger partial charge in [0.15, 0.2) is 22.8 Å². The predicted molar refractivity (Wildman–Crippen MR) is 181 cm³/mol. The third-order valence-corrected chi connectivity index (χ3v) is 7.92. The average molecular weight is 705 g/mol. The number of unbranched alkanes of at least 4 members (excludes halogenated alkanes) is 1. The van der Waals surface area contributed by atoms with Gasteiger partial charge in [0.2, 0.25) is 0 Å². The Morgan fingerprint density at radius 3 is 2.06 bits per heavy atom. The van der Waals surface area contributed by atoms with Crippen LogP contribution in [0.25, 0.3) is 11.2 Å². The molecule has 0 spiro atoms. The molecule has 16 nitrogen and oxygen atoms in total. The van der Waals surface area contributed by atoms with Crippen LogP contribution in [0.5, 0.6) is 0 Å². The van der Waals surface area contributed by atoms with Gasteiger partial charge < -0.3 is 38.7 Å². The summed E-state index contributed by atoms with van der Waals surface area (Å²) in [6.07, 6.45) is 2.32. The van der Waals surface area contributed by atoms with E-state index >= 15 is 0 Å². The van der Waals surface area contributed by atoms with Crippen molar-refractivity contribution in [3.63, 3.8) is 0 Å². The Labute approximate surface area is 292 Å². The summed E-state index contributed by atoms with van der Waals surface area (Å²) in [5.74, 6) is -2.01. The first-order valence-corrected chi connectivity index (χ1v) is 17.0. The number of aliphatic carboxylic acids is 1. The van der Waals surface area contributed by atoms with Gasteiger partial charge in [-0.25, -0.2) is 34.1 Å². The lowest BCUT2D eigenvalue weighted by molar-refractivity contribution is -0.160. The number of imide groups is 1. The number of hydrogen-bond donors (Lipinski definition) is 2. The minimum absolute atomic E-state index is 0.0488. The number of carbonyl (C=O) groups excluding carboxylic acids is 3. The Balaban J connectivity index is 1.55. The van der Waals surface area contributed by atoms with Crippen molar-refractivity contribution in [2.75, 3.05) is 4.90 Å². The van der Waals surface area contributed by atoms with Crippen LogP contribution in [0.1, 0.15) is 114 Å². The molecular weight excluding hydrogens is 652 g/mol. The molecule has 0 radical (unpaired) electrons. The third-order valence-electron chi connectivity index (χ3n) is 7.92. The Kier molecular flexibility index (Phi) is 11.1. The SMILES string of the molecule is CC(C)(C)OC(=O)N[C@@H](CCCC[C@H]1C[C@@H](n2cnc3c(N(C(=O)OC(C)(C)C)C(=O)OC(C)(C)C)ncnc32)[C@@H]2OC(C)(C)O[C@H]12)C(=O)O. The van der Waals surface area contributed by atoms with E-state index in [-0.39, 0.29) is 41.9 Å². The van der Waals surface area contributed by atoms with Gasteiger partial charge in [-0.3, -0.25) is 0 Å². The monoisotopic (exact) mass is 704 g/mol. The molecule has 0 unspecified atom stereocenters. The molecule has 3 heterocycles. The number of carboxylic acid groups (broad SMARTS) is 1. The minimum atomic E-state index is -1.13. The van der Waals surface area contributed by atoms with Crippen LogP contribution in [-0.2, 0) is 28.5 Å². The van der Waals surface area contributed by atoms with Crippen molar-refractivity contribution < 1.29 is 48.0 Å². The van der Waals surface area contributed by atoms with Gasteiger partial charge in [0.1, 0.15) is 35.3 Å². The fraction of sp³-hybridized carbons (Fsp3) is 0.735. The molecule has 2 fully saturated rings. The number of amides is 3. The quantitative estimate of drug-likeness (QED) is 0.224. The van der Waals surface area contributed by atoms with Gasteiger partial charge in [-0.05, 0) is 101 Å². The van der Waals surface area contributed by atoms with E-state index < -0.39 is 52.9 Å². The molecule has 0 aromatic carbocycles. The molecule has 1 aliphatic heterocycles. The summed E-state index contributed by atoms with van der Waals surface area (Å²) >= 11 is 0. The summed E-state index contributed by atoms with van der Waals surface area (Å²) in [6.45, 7) is 19.0. The van der Waals surface area contributed by atoms with E-state index in [1.54, 1.807) is 68.6 Å². The summed E-state index contributed by atoms with van der Waals surface area (Å²) in [7, 11) is 0. The molecule has 278 valence electrons. The van der Waals surface area contributed by atoms with Crippen LogP contribution >= 0.6 is 0 Å². The first kappa shape index (κ1) is 38.7. The second-order valence-corrected chi connectivity index (χ2v) is 16.3. The molecular formula is C34H52N6O10. The summed E-state index contributed by atoms with van der Waals surface area (Å²) in [4.78, 5) is 64.8. The highest BCUT2D eigenvalue weighted by Crippen LogP contribution is 2.49. The largest absolute Gasteiger partial charge is 0.480 e. The summed E-state index contributed by atoms with van der Waals surface area (Å²) in [5, 5.41) is 12.1. The number of aromatic nitrogens is 4. The number of ether oxygens (including phenoxy) is 5. The van der Waals surface area contributed by atoms with E-state index in [4.69, 9.17) is 23.7 Å². The molecule has 5 atom stereocenters. The van der Waals surface area contributed by atoms with Gasteiger partial charge in [-0.15, -0.1) is 0 Å². The number of imidazole rings is 1. The molecule has 1 saturated heterocycles. The van der Waals surface area contributed by atoms with Crippen molar-refractivity contribution in [2.24, 2.45) is 5.92 Å². The van der Waals surface area contributed by atoms with Gasteiger partial charge in [-0.1, -0.05) is 12.8 Å². The van der Waals surface area contributed by atoms with Crippen LogP contribution in [0.4, 0.5) is 20.2 Å². The number of carboxylic acids is 1. The van der Waals surface area contributed by atoms with Gasteiger partial charge in [0.25, 0.3) is 0 Å². The summed E-state index contributed by atoms with van der Waals surface area (Å²) in [6, 6.07) is -1.34. The van der Waals surface area contributed by atoms with Gasteiger partial charge in [-0.2, -0.15) is 4.90 Å². The normalized spacial score (nSPS) is 22.5. The van der Waals surface area contributed by atoms with Crippen molar-refractivity contribution in [1.29, 1.82) is 0 Å². The zero-order valence-corrected chi connectivity index (χ0v) is 30.9. The molecule has 2 aromatic heterocycles. The number of fused-ring (bicyclic) bond motifs is 2. The average Bonchev–Trinajstić information content (AvgIpc) is 3.58. The Morgan fingerprint density at radius 2 is 1.50 bits per heavy atom. The molecule has 1 aliphatic carbocycles. The van der Waals surface area contributed by atoms with E-state index in [1.165, 1.54) is 6.33 Å². The minimum Gasteiger partial charge on any atom is -0.480 e. The molecule has 16 heteroatoms. The summed E-state index contributed by atoms with van der Waals surface area (Å²) in [5.41, 5.74) is -2.00. The van der Waals surface area contributed by atoms with E-state index in [2.05, 4.69) is 20.3 Å². The van der Waals surface area contributed by atoms with Crippen LogP contribution in [0.3, 0.4) is 0 Å². The molecule has 2 N–H and O–H groups in total. The highest BCUT2D eigenvalue weighted by Gasteiger charge is 2.54. The molecule has 0 bridgehead atoms. The Morgan fingerprint density at radius 1 is 0.920 bits per heavy atom. The fourth-order valence-electron chi connectivity index (χ4n) is 6.18. The highest BCUT2D eigenvalue weighted by molar-refractivity contribution is 6.12. The molecule has 3 amide bonds. The van der Waals surface area contributed by atoms with Crippen molar-refractivity contribution in [1.82, 2.24) is 24.8 Å². The fourth-order valence-corrected chi connectivity index (χ4v) is 6.18. The van der Waals surface area contributed by atoms with Crippen molar-refractivity contribution in [3.8, 4) is 0 Å². The van der Waals surface area contributed by atoms with Crippen molar-refractivity contribution in [3.05, 3.63) is 12.7 Å². The lowest BCUT2D eigenvalue weighted by atomic mass is 9.96. The molecule has 1 saturated carbocycles. The number of hydrogen-bond acceptors (Lipinski definition) is 12. The second kappa shape index (κ2) is 14.3. The van der Waals surface area contributed by atoms with E-state index in [0.29, 0.717) is 31.3 Å². The van der Waals surface area contributed by atoms with Gasteiger partial charge >= 0.3 is 24.2 Å². The van der Waals surface area contributed by atoms with E-state index in [0.717, 1.165) is 4.90 Å². The van der Waals surface area contributed by atoms with Crippen molar-refractivity contribution in [2.45, 2.75) is 155 Å². The second-order valence-electron chi connectivity index (χ2n) is 16.3. The number of nitrogens with zero attached hydrogens (tertiary/aromatic N) is 5. The highest BCUT2D eigenvalue weighted by atomic mass is 16.8. The number of rotatable bonds is 9. The third kappa shape index (κ3) is 9.80. The molecule has 2 aliphatic rings. The molecule has 2 aromatic rings. The number of nitrogens with one attached hydrogen (secondary N) is 1. The first-order chi connectivity index (χ1) is 22.9. The van der Waals surface area contributed by atoms with Crippen LogP contribution in [0.2, 0.25) is 0 Å². The van der Waals surface area contributed by atoms with Crippen LogP contribution in [0, 0.1) is 5.92 Å². The first-order valence-electron chi connectivity index (χ1n) is 17.0. The van der Waals surface area contributed by atoms with E-state index in [1.807, 2.05) is 18.4 Å². The Bertz CT molecular complexity index is 1540. The topological polar surface area (TPSA) is 194 Å². The molecule has 50 heavy (non-hydrogen) atoms. The van der Waals surface area contributed by atoms with Gasteiger partial charge in [0, 0.05) is 0 Å². The lowest BCUT2D eigenvalue weighted by Gasteiger charge is -2.28. The maximum Gasteiger partial charge on any atom is 0.425 e. The van der Waals surface area contributed by atoms with Gasteiger partial charge in [0.05, 0.1) is 18.5 Å². The number of carbonyl (C=O) groups is 4. The predicted octanol–water partition coefficient (Wildman–Crippen LogP) is 6.12. The standard InChI is InChI=1S/C34H52N6O10/c1-31(2,3)48-28(43)38-20(27(41)42)15-13-12-14-19-16-21(24-23(19)46-34(10,11)47-24)39-18-37-22-25(39)35-17-36-26(22)40(29(44)49-32(4,5)6)30(45)50-33(7,8)9/h17-21,23-24H,12-16H2,1-11H3,(H,38,43)(H,41,42)/t19-,20-,21+,23+,24-/m0/s1. The lowest BCUT2D eigenvalue weighted by Crippen LogP contribution is -2.44. The van der Waals surface area contributed by atoms with Crippen molar-refractivity contribution >= 4 is 41.2 Å². The van der Waals surface area contributed by atoms with Crippen LogP contribution in [-0.4, -0.2) is 89.7 Å². The van der Waals surface area contributed by atoms with Crippen LogP contribution < -0.4 is 10.2 Å². The Hall–Kier alpha value is -4.05. The maximum absolute atomic E-state index is 13.4. The van der Waals surface area contributed by atoms with Crippen LogP contribution in [0.15, 0.2) is 12.7 Å². The number of anilines is 1.